The predicted octanol–water partition coefficient (Wildman–Crippen LogP) is 1.23. The summed E-state index contributed by atoms with van der Waals surface area (Å²) in [6.45, 7) is 2.44. The smallest absolute Gasteiger partial charge is 0.313 e. The summed E-state index contributed by atoms with van der Waals surface area (Å²) in [7, 11) is 1.71. The molecule has 5 nitrogen and oxygen atoms in total. The minimum Gasteiger partial charge on any atom is -0.481 e. The average molecular weight is 274 g/mol. The largest absolute Gasteiger partial charge is 0.481 e. The van der Waals surface area contributed by atoms with Gasteiger partial charge in [-0.05, 0) is 6.92 Å². The fourth-order valence-electron chi connectivity index (χ4n) is 1.14. The van der Waals surface area contributed by atoms with Crippen LogP contribution in [0.2, 0.25) is 0 Å². The number of aryl methyl sites for hydroxylation is 1. The van der Waals surface area contributed by atoms with E-state index in [1.807, 2.05) is 6.92 Å². The van der Waals surface area contributed by atoms with E-state index < -0.39 is 5.97 Å². The third-order valence-electron chi connectivity index (χ3n) is 1.94. The van der Waals surface area contributed by atoms with Crippen LogP contribution < -0.4 is 0 Å². The Kier molecular flexibility index (Phi) is 5.43. The van der Waals surface area contributed by atoms with Crippen LogP contribution in [0.25, 0.3) is 0 Å². The molecule has 1 amide bonds. The Morgan fingerprint density at radius 1 is 1.53 bits per heavy atom. The van der Waals surface area contributed by atoms with Crippen molar-refractivity contribution in [2.45, 2.75) is 13.5 Å². The fourth-order valence-corrected chi connectivity index (χ4v) is 2.66. The van der Waals surface area contributed by atoms with Crippen LogP contribution in [0.4, 0.5) is 0 Å². The molecule has 0 spiro atoms. The SMILES string of the molecule is Cc1ncc(CN(C)C(=O)CSCC(=O)O)s1. The number of hydrogen-bond acceptors (Lipinski definition) is 5. The number of aliphatic carboxylic acids is 1. The summed E-state index contributed by atoms with van der Waals surface area (Å²) >= 11 is 2.67. The Bertz CT molecular complexity index is 406. The molecule has 0 aliphatic rings. The molecule has 0 unspecified atom stereocenters. The van der Waals surface area contributed by atoms with Crippen molar-refractivity contribution in [3.8, 4) is 0 Å². The number of hydrogen-bond donors (Lipinski definition) is 1. The zero-order valence-corrected chi connectivity index (χ0v) is 11.3. The lowest BCUT2D eigenvalue weighted by Crippen LogP contribution is -2.27. The van der Waals surface area contributed by atoms with Crippen molar-refractivity contribution in [2.75, 3.05) is 18.6 Å². The van der Waals surface area contributed by atoms with Crippen LogP contribution >= 0.6 is 23.1 Å². The molecule has 0 atom stereocenters. The Morgan fingerprint density at radius 3 is 2.76 bits per heavy atom. The van der Waals surface area contributed by atoms with Gasteiger partial charge in [-0.1, -0.05) is 0 Å². The lowest BCUT2D eigenvalue weighted by atomic mass is 10.5. The number of aromatic nitrogens is 1. The highest BCUT2D eigenvalue weighted by atomic mass is 32.2. The monoisotopic (exact) mass is 274 g/mol. The minimum atomic E-state index is -0.900. The van der Waals surface area contributed by atoms with E-state index in [9.17, 15) is 9.59 Å². The number of nitrogens with zero attached hydrogens (tertiary/aromatic N) is 2. The molecule has 1 rings (SSSR count). The van der Waals surface area contributed by atoms with Gasteiger partial charge in [-0.3, -0.25) is 9.59 Å². The quantitative estimate of drug-likeness (QED) is 0.845. The van der Waals surface area contributed by atoms with Crippen LogP contribution in [-0.4, -0.2) is 45.4 Å². The molecule has 1 N–H and O–H groups in total. The molecule has 0 bridgehead atoms. The van der Waals surface area contributed by atoms with Crippen molar-refractivity contribution in [3.05, 3.63) is 16.1 Å². The van der Waals surface area contributed by atoms with Crippen molar-refractivity contribution in [3.63, 3.8) is 0 Å². The van der Waals surface area contributed by atoms with Crippen LogP contribution in [-0.2, 0) is 16.1 Å². The van der Waals surface area contributed by atoms with Crippen molar-refractivity contribution in [1.29, 1.82) is 0 Å². The van der Waals surface area contributed by atoms with Gasteiger partial charge in [-0.25, -0.2) is 4.98 Å². The van der Waals surface area contributed by atoms with Gasteiger partial charge in [0.15, 0.2) is 0 Å². The maximum Gasteiger partial charge on any atom is 0.313 e. The third kappa shape index (κ3) is 5.18. The van der Waals surface area contributed by atoms with Gasteiger partial charge >= 0.3 is 5.97 Å². The third-order valence-corrected chi connectivity index (χ3v) is 3.74. The second-order valence-corrected chi connectivity index (χ2v) is 5.79. The highest BCUT2D eigenvalue weighted by molar-refractivity contribution is 8.00. The van der Waals surface area contributed by atoms with Crippen LogP contribution in [0.3, 0.4) is 0 Å². The second kappa shape index (κ2) is 6.61. The number of carbonyl (C=O) groups is 2. The average Bonchev–Trinajstić information content (AvgIpc) is 2.63. The fraction of sp³-hybridized carbons (Fsp3) is 0.500. The zero-order chi connectivity index (χ0) is 12.8. The highest BCUT2D eigenvalue weighted by Crippen LogP contribution is 2.14. The molecule has 1 aromatic rings. The van der Waals surface area contributed by atoms with Crippen molar-refractivity contribution in [1.82, 2.24) is 9.88 Å². The number of thioether (sulfide) groups is 1. The molecule has 94 valence electrons. The Morgan fingerprint density at radius 2 is 2.24 bits per heavy atom. The normalized spacial score (nSPS) is 10.2. The van der Waals surface area contributed by atoms with E-state index in [4.69, 9.17) is 5.11 Å². The van der Waals surface area contributed by atoms with Gasteiger partial charge in [0.05, 0.1) is 23.1 Å². The first-order valence-electron chi connectivity index (χ1n) is 4.94. The van der Waals surface area contributed by atoms with Gasteiger partial charge < -0.3 is 10.0 Å². The lowest BCUT2D eigenvalue weighted by molar-refractivity contribution is -0.133. The molecule has 0 fully saturated rings. The molecule has 0 aliphatic carbocycles. The molecular weight excluding hydrogens is 260 g/mol. The van der Waals surface area contributed by atoms with E-state index in [1.54, 1.807) is 29.5 Å². The highest BCUT2D eigenvalue weighted by Gasteiger charge is 2.11. The van der Waals surface area contributed by atoms with Gasteiger partial charge in [0.1, 0.15) is 0 Å². The number of rotatable bonds is 6. The molecule has 7 heteroatoms. The summed E-state index contributed by atoms with van der Waals surface area (Å²) in [4.78, 5) is 28.7. The van der Waals surface area contributed by atoms with E-state index in [1.165, 1.54) is 0 Å². The molecule has 17 heavy (non-hydrogen) atoms. The summed E-state index contributed by atoms with van der Waals surface area (Å²) in [5.41, 5.74) is 0. The van der Waals surface area contributed by atoms with Crippen molar-refractivity contribution in [2.24, 2.45) is 0 Å². The van der Waals surface area contributed by atoms with Gasteiger partial charge in [0.25, 0.3) is 0 Å². The molecule has 0 saturated carbocycles. The first-order chi connectivity index (χ1) is 7.99. The maximum absolute atomic E-state index is 11.6. The van der Waals surface area contributed by atoms with E-state index >= 15 is 0 Å². The Labute approximate surface area is 108 Å². The van der Waals surface area contributed by atoms with Gasteiger partial charge in [-0.15, -0.1) is 23.1 Å². The first kappa shape index (κ1) is 14.0. The van der Waals surface area contributed by atoms with E-state index in [0.717, 1.165) is 21.6 Å². The van der Waals surface area contributed by atoms with Crippen molar-refractivity contribution < 1.29 is 14.7 Å². The van der Waals surface area contributed by atoms with Gasteiger partial charge in [-0.2, -0.15) is 0 Å². The number of amides is 1. The lowest BCUT2D eigenvalue weighted by Gasteiger charge is -2.15. The van der Waals surface area contributed by atoms with Crippen LogP contribution in [0.15, 0.2) is 6.20 Å². The molecule has 1 aromatic heterocycles. The number of carboxylic acid groups (broad SMARTS) is 1. The zero-order valence-electron chi connectivity index (χ0n) is 9.67. The topological polar surface area (TPSA) is 70.5 Å². The molecular formula is C10H14N2O3S2. The van der Waals surface area contributed by atoms with Gasteiger partial charge in [0.2, 0.25) is 5.91 Å². The van der Waals surface area contributed by atoms with Crippen LogP contribution in [0.1, 0.15) is 9.88 Å². The summed E-state index contributed by atoms with van der Waals surface area (Å²) in [5.74, 6) is -0.814. The standard InChI is InChI=1S/C10H14N2O3S2/c1-7-11-3-8(17-7)4-12(2)9(13)5-16-6-10(14)15/h3H,4-6H2,1-2H3,(H,14,15). The van der Waals surface area contributed by atoms with E-state index in [2.05, 4.69) is 4.98 Å². The molecule has 1 heterocycles. The molecule has 0 aromatic carbocycles. The summed E-state index contributed by atoms with van der Waals surface area (Å²) < 4.78 is 0. The van der Waals surface area contributed by atoms with E-state index in [-0.39, 0.29) is 17.4 Å². The number of thiazole rings is 1. The summed E-state index contributed by atoms with van der Waals surface area (Å²) in [6, 6.07) is 0. The van der Waals surface area contributed by atoms with Crippen LogP contribution in [0, 0.1) is 6.92 Å². The summed E-state index contributed by atoms with van der Waals surface area (Å²) in [5, 5.41) is 9.42. The summed E-state index contributed by atoms with van der Waals surface area (Å²) in [6.07, 6.45) is 1.76. The maximum atomic E-state index is 11.6. The van der Waals surface area contributed by atoms with Gasteiger partial charge in [0, 0.05) is 18.1 Å². The molecule has 0 saturated heterocycles. The Hall–Kier alpha value is -1.08. The van der Waals surface area contributed by atoms with Crippen LogP contribution in [0.5, 0.6) is 0 Å². The molecule has 0 radical (unpaired) electrons. The number of carboxylic acids is 1. The van der Waals surface area contributed by atoms with E-state index in [0.29, 0.717) is 6.54 Å². The van der Waals surface area contributed by atoms with Crippen molar-refractivity contribution >= 4 is 35.0 Å². The Balaban J connectivity index is 2.34. The molecule has 0 aliphatic heterocycles. The first-order valence-corrected chi connectivity index (χ1v) is 6.91. The number of carbonyl (C=O) groups excluding carboxylic acids is 1. The predicted molar refractivity (Wildman–Crippen MR) is 68.3 cm³/mol. The minimum absolute atomic E-state index is 0.0424. The second-order valence-electron chi connectivity index (χ2n) is 3.48.